The Kier molecular flexibility index (Phi) is 5.28. The highest BCUT2D eigenvalue weighted by molar-refractivity contribution is 8.01. The molecule has 25 heavy (non-hydrogen) atoms. The normalized spacial score (nSPS) is 16.4. The number of anilines is 1. The zero-order valence-corrected chi connectivity index (χ0v) is 14.7. The predicted molar refractivity (Wildman–Crippen MR) is 97.4 cm³/mol. The van der Waals surface area contributed by atoms with E-state index in [9.17, 15) is 9.59 Å². The van der Waals surface area contributed by atoms with Crippen LogP contribution in [0.3, 0.4) is 0 Å². The second-order valence-corrected chi connectivity index (χ2v) is 7.00. The first-order valence-electron chi connectivity index (χ1n) is 8.00. The molecule has 0 saturated heterocycles. The minimum absolute atomic E-state index is 0.0410. The number of amides is 1. The van der Waals surface area contributed by atoms with E-state index in [1.54, 1.807) is 12.0 Å². The fourth-order valence-electron chi connectivity index (χ4n) is 2.82. The first-order chi connectivity index (χ1) is 12.1. The Balaban J connectivity index is 1.82. The van der Waals surface area contributed by atoms with Crippen LogP contribution in [0.2, 0.25) is 0 Å². The predicted octanol–water partition coefficient (Wildman–Crippen LogP) is 3.22. The summed E-state index contributed by atoms with van der Waals surface area (Å²) in [5, 5.41) is 8.71. The number of thioether (sulfide) groups is 1. The number of benzene rings is 2. The van der Waals surface area contributed by atoms with E-state index in [1.807, 2.05) is 48.5 Å². The van der Waals surface area contributed by atoms with Crippen molar-refractivity contribution in [1.29, 1.82) is 0 Å². The van der Waals surface area contributed by atoms with Gasteiger partial charge in [0.25, 0.3) is 0 Å². The van der Waals surface area contributed by atoms with Crippen LogP contribution in [0.4, 0.5) is 5.69 Å². The third kappa shape index (κ3) is 3.96. The summed E-state index contributed by atoms with van der Waals surface area (Å²) in [4.78, 5) is 26.5. The van der Waals surface area contributed by atoms with Crippen molar-refractivity contribution in [2.75, 3.05) is 18.6 Å². The molecule has 0 bridgehead atoms. The zero-order chi connectivity index (χ0) is 17.8. The number of carboxylic acids is 1. The van der Waals surface area contributed by atoms with E-state index in [0.717, 1.165) is 21.9 Å². The lowest BCUT2D eigenvalue weighted by Crippen LogP contribution is -2.43. The maximum atomic E-state index is 12.9. The Labute approximate surface area is 150 Å². The molecule has 3 rings (SSSR count). The van der Waals surface area contributed by atoms with Crippen molar-refractivity contribution in [3.8, 4) is 5.75 Å². The first-order valence-corrected chi connectivity index (χ1v) is 8.88. The molecule has 0 aliphatic carbocycles. The third-order valence-electron chi connectivity index (χ3n) is 4.10. The summed E-state index contributed by atoms with van der Waals surface area (Å²) in [6.45, 7) is 0.185. The quantitative estimate of drug-likeness (QED) is 0.860. The number of ether oxygens (including phenoxy) is 1. The number of para-hydroxylation sites is 1. The van der Waals surface area contributed by atoms with Crippen LogP contribution >= 0.6 is 11.8 Å². The minimum atomic E-state index is -0.907. The second-order valence-electron chi connectivity index (χ2n) is 5.76. The zero-order valence-electron chi connectivity index (χ0n) is 13.8. The second kappa shape index (κ2) is 7.61. The van der Waals surface area contributed by atoms with Crippen LogP contribution < -0.4 is 9.64 Å². The molecule has 1 atom stereocenters. The number of hydrogen-bond acceptors (Lipinski definition) is 4. The molecule has 2 aromatic carbocycles. The number of methoxy groups -OCH3 is 1. The van der Waals surface area contributed by atoms with Crippen LogP contribution in [0.25, 0.3) is 0 Å². The maximum absolute atomic E-state index is 12.9. The highest BCUT2D eigenvalue weighted by Crippen LogP contribution is 2.40. The van der Waals surface area contributed by atoms with Gasteiger partial charge in [-0.15, -0.1) is 11.8 Å². The Morgan fingerprint density at radius 2 is 1.92 bits per heavy atom. The van der Waals surface area contributed by atoms with Gasteiger partial charge in [-0.05, 0) is 36.2 Å². The van der Waals surface area contributed by atoms with Crippen LogP contribution in [0.5, 0.6) is 5.75 Å². The lowest BCUT2D eigenvalue weighted by atomic mass is 10.1. The summed E-state index contributed by atoms with van der Waals surface area (Å²) in [6.07, 6.45) is 0.519. The fraction of sp³-hybridized carbons (Fsp3) is 0.263. The van der Waals surface area contributed by atoms with Gasteiger partial charge in [0.15, 0.2) is 0 Å². The largest absolute Gasteiger partial charge is 0.497 e. The topological polar surface area (TPSA) is 66.8 Å². The Morgan fingerprint density at radius 1 is 1.20 bits per heavy atom. The van der Waals surface area contributed by atoms with Crippen LogP contribution in [0, 0.1) is 0 Å². The molecule has 5 nitrogen and oxygen atoms in total. The number of fused-ring (bicyclic) bond motifs is 1. The molecule has 0 aromatic heterocycles. The molecular formula is C19H19NO4S. The van der Waals surface area contributed by atoms with Crippen LogP contribution in [0.1, 0.15) is 12.0 Å². The van der Waals surface area contributed by atoms with E-state index in [1.165, 1.54) is 11.8 Å². The smallest absolute Gasteiger partial charge is 0.305 e. The van der Waals surface area contributed by atoms with Crippen molar-refractivity contribution in [3.05, 3.63) is 54.1 Å². The monoisotopic (exact) mass is 357 g/mol. The molecule has 1 heterocycles. The van der Waals surface area contributed by atoms with Crippen molar-refractivity contribution in [3.63, 3.8) is 0 Å². The highest BCUT2D eigenvalue weighted by atomic mass is 32.2. The Hall–Kier alpha value is -2.47. The van der Waals surface area contributed by atoms with Gasteiger partial charge in [0, 0.05) is 11.4 Å². The van der Waals surface area contributed by atoms with Gasteiger partial charge in [0.1, 0.15) is 5.75 Å². The molecular weight excluding hydrogens is 338 g/mol. The van der Waals surface area contributed by atoms with Gasteiger partial charge in [0.05, 0.1) is 24.5 Å². The lowest BCUT2D eigenvalue weighted by Gasteiger charge is -2.33. The van der Waals surface area contributed by atoms with Gasteiger partial charge in [-0.2, -0.15) is 0 Å². The number of nitrogens with zero attached hydrogens (tertiary/aromatic N) is 1. The van der Waals surface area contributed by atoms with Gasteiger partial charge < -0.3 is 14.7 Å². The third-order valence-corrected chi connectivity index (χ3v) is 5.35. The molecule has 2 aromatic rings. The van der Waals surface area contributed by atoms with E-state index < -0.39 is 5.97 Å². The summed E-state index contributed by atoms with van der Waals surface area (Å²) in [7, 11) is 1.62. The van der Waals surface area contributed by atoms with Gasteiger partial charge >= 0.3 is 5.97 Å². The molecule has 1 aliphatic heterocycles. The summed E-state index contributed by atoms with van der Waals surface area (Å²) in [6, 6.07) is 15.3. The average molecular weight is 357 g/mol. The molecule has 130 valence electrons. The average Bonchev–Trinajstić information content (AvgIpc) is 2.62. The van der Waals surface area contributed by atoms with E-state index >= 15 is 0 Å². The fourth-order valence-corrected chi connectivity index (χ4v) is 4.09. The van der Waals surface area contributed by atoms with Crippen molar-refractivity contribution < 1.29 is 19.4 Å². The molecule has 0 fully saturated rings. The minimum Gasteiger partial charge on any atom is -0.497 e. The van der Waals surface area contributed by atoms with Crippen molar-refractivity contribution in [2.45, 2.75) is 23.0 Å². The molecule has 1 unspecified atom stereocenters. The van der Waals surface area contributed by atoms with Crippen molar-refractivity contribution in [1.82, 2.24) is 0 Å². The standard InChI is InChI=1S/C19H19NO4S/c1-24-14-8-6-13(7-9-14)12-17-19(23)20(11-10-18(21)22)15-4-2-3-5-16(15)25-17/h2-9,17H,10-12H2,1H3,(H,21,22). The molecule has 1 N–H and O–H groups in total. The molecule has 0 saturated carbocycles. The molecule has 0 spiro atoms. The Morgan fingerprint density at radius 3 is 2.60 bits per heavy atom. The van der Waals surface area contributed by atoms with Crippen molar-refractivity contribution in [2.24, 2.45) is 0 Å². The molecule has 0 radical (unpaired) electrons. The Bertz CT molecular complexity index is 775. The SMILES string of the molecule is COc1ccc(CC2Sc3ccccc3N(CCC(=O)O)C2=O)cc1. The summed E-state index contributed by atoms with van der Waals surface area (Å²) in [5.41, 5.74) is 1.84. The molecule has 6 heteroatoms. The molecule has 1 amide bonds. The van der Waals surface area contributed by atoms with E-state index in [2.05, 4.69) is 0 Å². The van der Waals surface area contributed by atoms with Crippen LogP contribution in [-0.4, -0.2) is 35.9 Å². The van der Waals surface area contributed by atoms with Crippen molar-refractivity contribution >= 4 is 29.3 Å². The number of carboxylic acid groups (broad SMARTS) is 1. The molecule has 1 aliphatic rings. The van der Waals surface area contributed by atoms with Crippen LogP contribution in [0.15, 0.2) is 53.4 Å². The summed E-state index contributed by atoms with van der Waals surface area (Å²) in [5.74, 6) is -0.171. The van der Waals surface area contributed by atoms with E-state index in [4.69, 9.17) is 9.84 Å². The van der Waals surface area contributed by atoms with Gasteiger partial charge in [-0.3, -0.25) is 9.59 Å². The summed E-state index contributed by atoms with van der Waals surface area (Å²) < 4.78 is 5.16. The van der Waals surface area contributed by atoms with Crippen LogP contribution in [-0.2, 0) is 16.0 Å². The number of aliphatic carboxylic acids is 1. The van der Waals surface area contributed by atoms with E-state index in [-0.39, 0.29) is 24.1 Å². The summed E-state index contributed by atoms with van der Waals surface area (Å²) >= 11 is 1.54. The lowest BCUT2D eigenvalue weighted by molar-refractivity contribution is -0.136. The van der Waals surface area contributed by atoms with Gasteiger partial charge in [-0.1, -0.05) is 24.3 Å². The first kappa shape index (κ1) is 17.4. The number of hydrogen-bond donors (Lipinski definition) is 1. The maximum Gasteiger partial charge on any atom is 0.305 e. The number of rotatable bonds is 6. The van der Waals surface area contributed by atoms with Gasteiger partial charge in [-0.25, -0.2) is 0 Å². The van der Waals surface area contributed by atoms with Gasteiger partial charge in [0.2, 0.25) is 5.91 Å². The number of carbonyl (C=O) groups is 2. The van der Waals surface area contributed by atoms with E-state index in [0.29, 0.717) is 6.42 Å². The highest BCUT2D eigenvalue weighted by Gasteiger charge is 2.33. The number of carbonyl (C=O) groups excluding carboxylic acids is 1.